The van der Waals surface area contributed by atoms with Gasteiger partial charge in [0.2, 0.25) is 0 Å². The Bertz CT molecular complexity index is 382. The lowest BCUT2D eigenvalue weighted by atomic mass is 10.1. The smallest absolute Gasteiger partial charge is 0.279 e. The Hall–Kier alpha value is -0.210. The first-order valence-corrected chi connectivity index (χ1v) is 9.12. The lowest BCUT2D eigenvalue weighted by Gasteiger charge is -2.35. The third kappa shape index (κ3) is 4.39. The van der Waals surface area contributed by atoms with E-state index in [2.05, 4.69) is 10.0 Å². The van der Waals surface area contributed by atoms with Crippen molar-refractivity contribution in [1.82, 2.24) is 14.3 Å². The van der Waals surface area contributed by atoms with Gasteiger partial charge < -0.3 is 10.1 Å². The summed E-state index contributed by atoms with van der Waals surface area (Å²) in [4.78, 5) is 0. The number of likely N-dealkylation sites (N-methyl/N-ethyl adjacent to an activating group) is 1. The molecule has 2 atom stereocenters. The summed E-state index contributed by atoms with van der Waals surface area (Å²) < 4.78 is 34.6. The van der Waals surface area contributed by atoms with Crippen molar-refractivity contribution < 1.29 is 13.2 Å². The van der Waals surface area contributed by atoms with E-state index in [-0.39, 0.29) is 6.04 Å². The van der Waals surface area contributed by atoms with E-state index in [1.165, 1.54) is 0 Å². The van der Waals surface area contributed by atoms with E-state index in [4.69, 9.17) is 4.74 Å². The summed E-state index contributed by atoms with van der Waals surface area (Å²) in [6.07, 6.45) is 3.96. The number of hydrogen-bond donors (Lipinski definition) is 2. The third-order valence-corrected chi connectivity index (χ3v) is 5.72. The van der Waals surface area contributed by atoms with Crippen molar-refractivity contribution in [3.8, 4) is 0 Å². The van der Waals surface area contributed by atoms with Crippen molar-refractivity contribution >= 4 is 10.2 Å². The predicted octanol–water partition coefficient (Wildman–Crippen LogP) is 0.321. The highest BCUT2D eigenvalue weighted by Gasteiger charge is 2.32. The molecule has 0 aliphatic carbocycles. The Balaban J connectivity index is 1.90. The average molecular weight is 305 g/mol. The van der Waals surface area contributed by atoms with Crippen LogP contribution in [0.4, 0.5) is 0 Å². The fourth-order valence-electron chi connectivity index (χ4n) is 2.86. The van der Waals surface area contributed by atoms with Gasteiger partial charge in [0.15, 0.2) is 0 Å². The van der Waals surface area contributed by atoms with Gasteiger partial charge >= 0.3 is 0 Å². The molecule has 2 heterocycles. The van der Waals surface area contributed by atoms with Crippen LogP contribution in [0.25, 0.3) is 0 Å². The third-order valence-electron chi connectivity index (χ3n) is 4.09. The van der Waals surface area contributed by atoms with Gasteiger partial charge in [0.25, 0.3) is 10.2 Å². The Morgan fingerprint density at radius 1 is 1.25 bits per heavy atom. The Labute approximate surface area is 122 Å². The van der Waals surface area contributed by atoms with Gasteiger partial charge in [-0.15, -0.1) is 0 Å². The zero-order chi connectivity index (χ0) is 14.4. The van der Waals surface area contributed by atoms with E-state index in [1.54, 1.807) is 4.31 Å². The van der Waals surface area contributed by atoms with Crippen molar-refractivity contribution in [3.63, 3.8) is 0 Å². The minimum Gasteiger partial charge on any atom is -0.381 e. The molecule has 2 fully saturated rings. The Morgan fingerprint density at radius 3 is 2.80 bits per heavy atom. The summed E-state index contributed by atoms with van der Waals surface area (Å²) in [5.74, 6) is 0.321. The fourth-order valence-corrected chi connectivity index (χ4v) is 4.41. The molecule has 0 saturated carbocycles. The summed E-state index contributed by atoms with van der Waals surface area (Å²) in [5, 5.41) is 3.26. The van der Waals surface area contributed by atoms with Crippen molar-refractivity contribution in [2.45, 2.75) is 38.6 Å². The second-order valence-corrected chi connectivity index (χ2v) is 7.36. The van der Waals surface area contributed by atoms with Crippen molar-refractivity contribution in [2.75, 3.05) is 39.4 Å². The maximum absolute atomic E-state index is 12.5. The average Bonchev–Trinajstić information content (AvgIpc) is 2.97. The molecule has 2 saturated heterocycles. The summed E-state index contributed by atoms with van der Waals surface area (Å²) in [6.45, 7) is 6.20. The van der Waals surface area contributed by atoms with Crippen LogP contribution >= 0.6 is 0 Å². The van der Waals surface area contributed by atoms with Crippen LogP contribution < -0.4 is 10.0 Å². The molecule has 0 aromatic heterocycles. The Kier molecular flexibility index (Phi) is 6.22. The predicted molar refractivity (Wildman–Crippen MR) is 78.7 cm³/mol. The topological polar surface area (TPSA) is 70.7 Å². The van der Waals surface area contributed by atoms with Crippen LogP contribution in [0.5, 0.6) is 0 Å². The van der Waals surface area contributed by atoms with Crippen LogP contribution in [-0.4, -0.2) is 58.2 Å². The molecule has 2 N–H and O–H groups in total. The molecule has 2 rings (SSSR count). The van der Waals surface area contributed by atoms with E-state index < -0.39 is 10.2 Å². The van der Waals surface area contributed by atoms with Crippen LogP contribution in [0.15, 0.2) is 0 Å². The normalized spacial score (nSPS) is 28.9. The molecule has 0 spiro atoms. The van der Waals surface area contributed by atoms with Crippen molar-refractivity contribution in [3.05, 3.63) is 0 Å². The molecule has 20 heavy (non-hydrogen) atoms. The van der Waals surface area contributed by atoms with Gasteiger partial charge in [-0.2, -0.15) is 12.7 Å². The molecule has 2 aliphatic heterocycles. The minimum absolute atomic E-state index is 0.0843. The van der Waals surface area contributed by atoms with E-state index in [0.29, 0.717) is 25.6 Å². The maximum Gasteiger partial charge on any atom is 0.279 e. The maximum atomic E-state index is 12.5. The van der Waals surface area contributed by atoms with Gasteiger partial charge in [-0.05, 0) is 31.7 Å². The molecule has 0 aromatic rings. The van der Waals surface area contributed by atoms with Gasteiger partial charge in [-0.25, -0.2) is 4.72 Å². The number of piperidine rings is 1. The summed E-state index contributed by atoms with van der Waals surface area (Å²) in [6, 6.07) is 0.0843. The van der Waals surface area contributed by atoms with Gasteiger partial charge in [0.05, 0.1) is 6.61 Å². The lowest BCUT2D eigenvalue weighted by Crippen LogP contribution is -2.53. The van der Waals surface area contributed by atoms with Gasteiger partial charge in [0, 0.05) is 32.3 Å². The molecule has 7 heteroatoms. The molecule has 2 aliphatic rings. The molecule has 6 nitrogen and oxygen atoms in total. The molecule has 118 valence electrons. The highest BCUT2D eigenvalue weighted by atomic mass is 32.2. The van der Waals surface area contributed by atoms with Crippen LogP contribution in [0.3, 0.4) is 0 Å². The minimum atomic E-state index is -3.36. The number of hydrogen-bond acceptors (Lipinski definition) is 4. The first kappa shape index (κ1) is 16.2. The number of ether oxygens (including phenoxy) is 1. The molecule has 2 unspecified atom stereocenters. The quantitative estimate of drug-likeness (QED) is 0.711. The number of nitrogens with zero attached hydrogens (tertiary/aromatic N) is 1. The summed E-state index contributed by atoms with van der Waals surface area (Å²) >= 11 is 0. The number of rotatable bonds is 7. The summed E-state index contributed by atoms with van der Waals surface area (Å²) in [5.41, 5.74) is 0. The molecule has 0 aromatic carbocycles. The van der Waals surface area contributed by atoms with Crippen LogP contribution in [-0.2, 0) is 14.9 Å². The van der Waals surface area contributed by atoms with E-state index in [9.17, 15) is 8.42 Å². The van der Waals surface area contributed by atoms with Crippen molar-refractivity contribution in [1.29, 1.82) is 0 Å². The zero-order valence-corrected chi connectivity index (χ0v) is 13.1. The second-order valence-electron chi connectivity index (χ2n) is 5.65. The van der Waals surface area contributed by atoms with E-state index >= 15 is 0 Å². The van der Waals surface area contributed by atoms with Crippen LogP contribution in [0.2, 0.25) is 0 Å². The van der Waals surface area contributed by atoms with Crippen LogP contribution in [0.1, 0.15) is 32.6 Å². The monoisotopic (exact) mass is 305 g/mol. The fraction of sp³-hybridized carbons (Fsp3) is 1.00. The highest BCUT2D eigenvalue weighted by Crippen LogP contribution is 2.20. The molecule has 0 radical (unpaired) electrons. The van der Waals surface area contributed by atoms with Gasteiger partial charge in [-0.3, -0.25) is 0 Å². The molecular weight excluding hydrogens is 278 g/mol. The standard InChI is InChI=1S/C13H27N3O3S/c1-2-14-10-13-5-3-4-7-16(13)20(17,18)15-9-12-6-8-19-11-12/h12-15H,2-11H2,1H3. The number of nitrogens with one attached hydrogen (secondary N) is 2. The molecular formula is C13H27N3O3S. The first-order chi connectivity index (χ1) is 9.63. The molecule has 0 amide bonds. The largest absolute Gasteiger partial charge is 0.381 e. The zero-order valence-electron chi connectivity index (χ0n) is 12.3. The van der Waals surface area contributed by atoms with E-state index in [1.807, 2.05) is 6.92 Å². The Morgan fingerprint density at radius 2 is 2.10 bits per heavy atom. The highest BCUT2D eigenvalue weighted by molar-refractivity contribution is 7.87. The summed E-state index contributed by atoms with van der Waals surface area (Å²) in [7, 11) is -3.36. The van der Waals surface area contributed by atoms with E-state index in [0.717, 1.165) is 45.4 Å². The van der Waals surface area contributed by atoms with Gasteiger partial charge in [-0.1, -0.05) is 13.3 Å². The van der Waals surface area contributed by atoms with Crippen molar-refractivity contribution in [2.24, 2.45) is 5.92 Å². The second kappa shape index (κ2) is 7.70. The van der Waals surface area contributed by atoms with Gasteiger partial charge in [0.1, 0.15) is 0 Å². The first-order valence-electron chi connectivity index (χ1n) is 7.68. The molecule has 0 bridgehead atoms. The lowest BCUT2D eigenvalue weighted by molar-refractivity contribution is 0.186. The van der Waals surface area contributed by atoms with Crippen LogP contribution in [0, 0.1) is 5.92 Å². The SMILES string of the molecule is CCNCC1CCCCN1S(=O)(=O)NCC1CCOC1.